The molecule has 0 aromatic rings. The second-order valence-electron chi connectivity index (χ2n) is 5.68. The zero-order valence-corrected chi connectivity index (χ0v) is 11.9. The van der Waals surface area contributed by atoms with E-state index in [0.717, 1.165) is 0 Å². The third-order valence-electron chi connectivity index (χ3n) is 3.69. The fourth-order valence-corrected chi connectivity index (χ4v) is 2.30. The van der Waals surface area contributed by atoms with Crippen molar-refractivity contribution in [1.82, 2.24) is 9.80 Å². The number of nitrogens with zero attached hydrogens (tertiary/aromatic N) is 2. The Morgan fingerprint density at radius 1 is 1.42 bits per heavy atom. The van der Waals surface area contributed by atoms with E-state index in [0.29, 0.717) is 25.9 Å². The van der Waals surface area contributed by atoms with Crippen molar-refractivity contribution in [3.8, 4) is 0 Å². The van der Waals surface area contributed by atoms with Gasteiger partial charge in [-0.25, -0.2) is 4.79 Å². The fraction of sp³-hybridized carbons (Fsp3) is 0.846. The predicted molar refractivity (Wildman–Crippen MR) is 70.9 cm³/mol. The molecule has 0 aliphatic carbocycles. The van der Waals surface area contributed by atoms with Crippen molar-refractivity contribution >= 4 is 12.0 Å². The Labute approximate surface area is 114 Å². The Morgan fingerprint density at radius 3 is 2.47 bits per heavy atom. The number of carboxylic acid groups (broad SMARTS) is 1. The van der Waals surface area contributed by atoms with Crippen LogP contribution in [0.3, 0.4) is 0 Å². The Hall–Kier alpha value is -1.30. The Kier molecular flexibility index (Phi) is 5.17. The summed E-state index contributed by atoms with van der Waals surface area (Å²) in [5, 5.41) is 18.0. The largest absolute Gasteiger partial charge is 0.481 e. The number of rotatable bonds is 5. The van der Waals surface area contributed by atoms with Gasteiger partial charge in [0.2, 0.25) is 0 Å². The van der Waals surface area contributed by atoms with Crippen molar-refractivity contribution in [2.45, 2.75) is 39.7 Å². The lowest BCUT2D eigenvalue weighted by atomic mass is 9.90. The zero-order chi connectivity index (χ0) is 14.6. The van der Waals surface area contributed by atoms with Gasteiger partial charge in [0.15, 0.2) is 0 Å². The van der Waals surface area contributed by atoms with Crippen molar-refractivity contribution in [3.05, 3.63) is 0 Å². The van der Waals surface area contributed by atoms with Gasteiger partial charge < -0.3 is 20.0 Å². The predicted octanol–water partition coefficient (Wildman–Crippen LogP) is 0.996. The summed E-state index contributed by atoms with van der Waals surface area (Å²) in [6.07, 6.45) is 1.02. The minimum Gasteiger partial charge on any atom is -0.481 e. The third kappa shape index (κ3) is 3.59. The van der Waals surface area contributed by atoms with E-state index in [2.05, 4.69) is 0 Å². The number of aliphatic hydroxyl groups is 1. The molecular weight excluding hydrogens is 248 g/mol. The molecule has 1 heterocycles. The number of hydrogen-bond acceptors (Lipinski definition) is 3. The first kappa shape index (κ1) is 15.8. The van der Waals surface area contributed by atoms with Crippen LogP contribution in [0.1, 0.15) is 33.6 Å². The molecule has 0 aromatic carbocycles. The molecular formula is C13H24N2O4. The summed E-state index contributed by atoms with van der Waals surface area (Å²) in [5.74, 6) is -0.853. The van der Waals surface area contributed by atoms with Gasteiger partial charge in [0, 0.05) is 32.3 Å². The molecule has 2 amide bonds. The maximum absolute atomic E-state index is 12.4. The number of carbonyl (C=O) groups excluding carboxylic acids is 1. The van der Waals surface area contributed by atoms with Crippen LogP contribution in [0.15, 0.2) is 0 Å². The molecule has 19 heavy (non-hydrogen) atoms. The molecule has 0 radical (unpaired) electrons. The zero-order valence-electron chi connectivity index (χ0n) is 11.9. The monoisotopic (exact) mass is 272 g/mol. The van der Waals surface area contributed by atoms with Crippen LogP contribution in [-0.4, -0.2) is 64.3 Å². The summed E-state index contributed by atoms with van der Waals surface area (Å²) in [7, 11) is 0. The first-order valence-electron chi connectivity index (χ1n) is 6.71. The summed E-state index contributed by atoms with van der Waals surface area (Å²) in [4.78, 5) is 26.9. The van der Waals surface area contributed by atoms with Crippen molar-refractivity contribution in [2.24, 2.45) is 5.41 Å². The van der Waals surface area contributed by atoms with E-state index in [-0.39, 0.29) is 25.2 Å². The molecule has 1 atom stereocenters. The number of carbonyl (C=O) groups is 2. The van der Waals surface area contributed by atoms with Crippen LogP contribution in [0.4, 0.5) is 4.79 Å². The van der Waals surface area contributed by atoms with Crippen molar-refractivity contribution in [3.63, 3.8) is 0 Å². The highest BCUT2D eigenvalue weighted by Gasteiger charge is 2.43. The number of carboxylic acids is 1. The van der Waals surface area contributed by atoms with Gasteiger partial charge in [-0.2, -0.15) is 0 Å². The molecule has 0 bridgehead atoms. The number of hydrogen-bond donors (Lipinski definition) is 2. The molecule has 0 saturated carbocycles. The highest BCUT2D eigenvalue weighted by molar-refractivity contribution is 5.79. The molecule has 1 aliphatic rings. The van der Waals surface area contributed by atoms with E-state index < -0.39 is 11.4 Å². The van der Waals surface area contributed by atoms with Gasteiger partial charge in [-0.3, -0.25) is 4.79 Å². The van der Waals surface area contributed by atoms with Crippen LogP contribution >= 0.6 is 0 Å². The molecule has 0 spiro atoms. The third-order valence-corrected chi connectivity index (χ3v) is 3.69. The second-order valence-corrected chi connectivity index (χ2v) is 5.68. The average Bonchev–Trinajstić information content (AvgIpc) is 2.73. The number of aliphatic hydroxyl groups excluding tert-OH is 1. The molecule has 0 aromatic heterocycles. The van der Waals surface area contributed by atoms with E-state index in [9.17, 15) is 14.7 Å². The normalized spacial score (nSPS) is 22.9. The topological polar surface area (TPSA) is 81.1 Å². The highest BCUT2D eigenvalue weighted by Crippen LogP contribution is 2.30. The van der Waals surface area contributed by atoms with E-state index in [4.69, 9.17) is 5.11 Å². The summed E-state index contributed by atoms with van der Waals surface area (Å²) in [6, 6.07) is -0.0934. The Morgan fingerprint density at radius 2 is 2.05 bits per heavy atom. The van der Waals surface area contributed by atoms with Crippen LogP contribution in [0, 0.1) is 5.41 Å². The highest BCUT2D eigenvalue weighted by atomic mass is 16.4. The maximum Gasteiger partial charge on any atom is 0.320 e. The average molecular weight is 272 g/mol. The summed E-state index contributed by atoms with van der Waals surface area (Å²) >= 11 is 0. The van der Waals surface area contributed by atoms with Crippen molar-refractivity contribution < 1.29 is 19.8 Å². The molecule has 1 fully saturated rings. The SMILES string of the molecule is CC(C)N(CCCO)C(=O)N1CCC(C)(C(=O)O)C1. The Bertz CT molecular complexity index is 346. The molecule has 1 rings (SSSR count). The molecule has 2 N–H and O–H groups in total. The van der Waals surface area contributed by atoms with Crippen LogP contribution < -0.4 is 0 Å². The standard InChI is InChI=1S/C13H24N2O4/c1-10(2)15(6-4-8-16)12(19)14-7-5-13(3,9-14)11(17)18/h10,16H,4-9H2,1-3H3,(H,17,18). The van der Waals surface area contributed by atoms with Crippen LogP contribution in [0.2, 0.25) is 0 Å². The molecule has 1 saturated heterocycles. The molecule has 6 nitrogen and oxygen atoms in total. The summed E-state index contributed by atoms with van der Waals surface area (Å²) in [5.41, 5.74) is -0.838. The summed E-state index contributed by atoms with van der Waals surface area (Å²) in [6.45, 7) is 6.78. The number of aliphatic carboxylic acids is 1. The maximum atomic E-state index is 12.4. The van der Waals surface area contributed by atoms with Crippen LogP contribution in [0.25, 0.3) is 0 Å². The lowest BCUT2D eigenvalue weighted by Crippen LogP contribution is -2.47. The Balaban J connectivity index is 2.69. The molecule has 110 valence electrons. The fourth-order valence-electron chi connectivity index (χ4n) is 2.30. The van der Waals surface area contributed by atoms with Gasteiger partial charge in [-0.1, -0.05) is 0 Å². The van der Waals surface area contributed by atoms with Gasteiger partial charge in [-0.15, -0.1) is 0 Å². The van der Waals surface area contributed by atoms with E-state index >= 15 is 0 Å². The number of urea groups is 1. The quantitative estimate of drug-likeness (QED) is 0.782. The van der Waals surface area contributed by atoms with Gasteiger partial charge in [0.1, 0.15) is 0 Å². The van der Waals surface area contributed by atoms with Crippen LogP contribution in [-0.2, 0) is 4.79 Å². The van der Waals surface area contributed by atoms with E-state index in [1.807, 2.05) is 13.8 Å². The number of likely N-dealkylation sites (tertiary alicyclic amines) is 1. The van der Waals surface area contributed by atoms with E-state index in [1.165, 1.54) is 0 Å². The molecule has 6 heteroatoms. The van der Waals surface area contributed by atoms with E-state index in [1.54, 1.807) is 16.7 Å². The first-order valence-corrected chi connectivity index (χ1v) is 6.71. The van der Waals surface area contributed by atoms with Crippen LogP contribution in [0.5, 0.6) is 0 Å². The minimum atomic E-state index is -0.853. The van der Waals surface area contributed by atoms with Gasteiger partial charge in [0.25, 0.3) is 0 Å². The summed E-state index contributed by atoms with van der Waals surface area (Å²) < 4.78 is 0. The van der Waals surface area contributed by atoms with Gasteiger partial charge in [-0.05, 0) is 33.6 Å². The molecule has 1 unspecified atom stereocenters. The lowest BCUT2D eigenvalue weighted by Gasteiger charge is -2.31. The van der Waals surface area contributed by atoms with Crippen molar-refractivity contribution in [2.75, 3.05) is 26.2 Å². The lowest BCUT2D eigenvalue weighted by molar-refractivity contribution is -0.147. The van der Waals surface area contributed by atoms with Crippen molar-refractivity contribution in [1.29, 1.82) is 0 Å². The second kappa shape index (κ2) is 6.23. The number of amides is 2. The first-order chi connectivity index (χ1) is 8.81. The minimum absolute atomic E-state index is 0.0377. The smallest absolute Gasteiger partial charge is 0.320 e. The van der Waals surface area contributed by atoms with Gasteiger partial charge in [0.05, 0.1) is 5.41 Å². The van der Waals surface area contributed by atoms with Gasteiger partial charge >= 0.3 is 12.0 Å². The molecule has 1 aliphatic heterocycles.